The summed E-state index contributed by atoms with van der Waals surface area (Å²) in [6.45, 7) is 4.60. The lowest BCUT2D eigenvalue weighted by molar-refractivity contribution is 0.287. The van der Waals surface area contributed by atoms with Crippen LogP contribution in [-0.4, -0.2) is 24.9 Å². The predicted molar refractivity (Wildman–Crippen MR) is 98.5 cm³/mol. The lowest BCUT2D eigenvalue weighted by Gasteiger charge is -2.18. The predicted octanol–water partition coefficient (Wildman–Crippen LogP) is 3.76. The highest BCUT2D eigenvalue weighted by atomic mass is 32.1. The molecule has 1 atom stereocenters. The van der Waals surface area contributed by atoms with E-state index in [2.05, 4.69) is 17.6 Å². The van der Waals surface area contributed by atoms with Crippen LogP contribution in [-0.2, 0) is 0 Å². The van der Waals surface area contributed by atoms with Crippen LogP contribution in [0.5, 0.6) is 11.5 Å². The molecule has 2 aromatic carbocycles. The average molecular weight is 330 g/mol. The summed E-state index contributed by atoms with van der Waals surface area (Å²) in [6.07, 6.45) is 0. The van der Waals surface area contributed by atoms with E-state index < -0.39 is 0 Å². The molecule has 0 saturated heterocycles. The van der Waals surface area contributed by atoms with Gasteiger partial charge in [-0.2, -0.15) is 0 Å². The summed E-state index contributed by atoms with van der Waals surface area (Å²) in [5, 5.41) is 6.89. The van der Waals surface area contributed by atoms with Crippen LogP contribution in [0.3, 0.4) is 0 Å². The van der Waals surface area contributed by atoms with Crippen molar-refractivity contribution in [1.82, 2.24) is 5.32 Å². The molecule has 23 heavy (non-hydrogen) atoms. The van der Waals surface area contributed by atoms with Crippen LogP contribution in [0.4, 0.5) is 5.69 Å². The Balaban J connectivity index is 1.78. The van der Waals surface area contributed by atoms with Crippen LogP contribution in [0.15, 0.2) is 48.5 Å². The smallest absolute Gasteiger partial charge is 0.171 e. The van der Waals surface area contributed by atoms with E-state index in [1.807, 2.05) is 55.5 Å². The maximum absolute atomic E-state index is 5.74. The fourth-order valence-corrected chi connectivity index (χ4v) is 2.31. The van der Waals surface area contributed by atoms with Crippen LogP contribution in [0.1, 0.15) is 12.5 Å². The molecule has 0 spiro atoms. The van der Waals surface area contributed by atoms with Gasteiger partial charge in [-0.3, -0.25) is 0 Å². The molecule has 5 heteroatoms. The molecule has 0 unspecified atom stereocenters. The van der Waals surface area contributed by atoms with Gasteiger partial charge < -0.3 is 20.1 Å². The number of nitrogens with one attached hydrogen (secondary N) is 2. The van der Waals surface area contributed by atoms with Gasteiger partial charge in [-0.1, -0.05) is 23.8 Å². The monoisotopic (exact) mass is 330 g/mol. The second-order valence-electron chi connectivity index (χ2n) is 5.36. The van der Waals surface area contributed by atoms with Crippen molar-refractivity contribution in [3.8, 4) is 11.5 Å². The van der Waals surface area contributed by atoms with E-state index in [1.54, 1.807) is 7.11 Å². The summed E-state index contributed by atoms with van der Waals surface area (Å²) < 4.78 is 10.9. The average Bonchev–Trinajstić information content (AvgIpc) is 2.54. The summed E-state index contributed by atoms with van der Waals surface area (Å²) in [5.41, 5.74) is 2.10. The third-order valence-corrected chi connectivity index (χ3v) is 3.45. The van der Waals surface area contributed by atoms with Crippen molar-refractivity contribution in [3.05, 3.63) is 54.1 Å². The van der Waals surface area contributed by atoms with E-state index in [0.29, 0.717) is 11.7 Å². The first-order chi connectivity index (χ1) is 11.1. The molecule has 0 aliphatic carbocycles. The highest BCUT2D eigenvalue weighted by Crippen LogP contribution is 2.16. The van der Waals surface area contributed by atoms with Crippen molar-refractivity contribution in [1.29, 1.82) is 0 Å². The molecular weight excluding hydrogens is 308 g/mol. The molecule has 2 rings (SSSR count). The van der Waals surface area contributed by atoms with Gasteiger partial charge in [-0.05, 0) is 50.3 Å². The number of benzene rings is 2. The van der Waals surface area contributed by atoms with Gasteiger partial charge in [0.15, 0.2) is 5.11 Å². The van der Waals surface area contributed by atoms with Gasteiger partial charge in [0, 0.05) is 11.8 Å². The standard InChI is InChI=1S/C18H22N2O2S/c1-13-7-9-16(10-8-13)22-12-14(2)19-18(23)20-15-5-4-6-17(11-15)21-3/h4-11,14H,12H2,1-3H3,(H2,19,20,23)/t14-/m0/s1. The lowest BCUT2D eigenvalue weighted by Crippen LogP contribution is -2.39. The molecule has 0 aliphatic heterocycles. The van der Waals surface area contributed by atoms with Crippen LogP contribution in [0.2, 0.25) is 0 Å². The fraction of sp³-hybridized carbons (Fsp3) is 0.278. The molecule has 0 aliphatic rings. The number of thiocarbonyl (C=S) groups is 1. The zero-order valence-corrected chi connectivity index (χ0v) is 14.4. The zero-order chi connectivity index (χ0) is 16.7. The van der Waals surface area contributed by atoms with E-state index in [0.717, 1.165) is 17.2 Å². The molecule has 2 N–H and O–H groups in total. The van der Waals surface area contributed by atoms with Crippen LogP contribution >= 0.6 is 12.2 Å². The molecule has 0 radical (unpaired) electrons. The summed E-state index contributed by atoms with van der Waals surface area (Å²) in [4.78, 5) is 0. The quantitative estimate of drug-likeness (QED) is 0.790. The fourth-order valence-electron chi connectivity index (χ4n) is 1.99. The number of hydrogen-bond donors (Lipinski definition) is 2. The molecule has 0 heterocycles. The maximum atomic E-state index is 5.74. The topological polar surface area (TPSA) is 42.5 Å². The molecule has 0 aromatic heterocycles. The molecular formula is C18H22N2O2S. The first-order valence-electron chi connectivity index (χ1n) is 7.48. The Morgan fingerprint density at radius 2 is 1.87 bits per heavy atom. The Kier molecular flexibility index (Phi) is 6.23. The largest absolute Gasteiger partial charge is 0.497 e. The van der Waals surface area contributed by atoms with Crippen molar-refractivity contribution in [2.45, 2.75) is 19.9 Å². The highest BCUT2D eigenvalue weighted by molar-refractivity contribution is 7.80. The zero-order valence-electron chi connectivity index (χ0n) is 13.6. The maximum Gasteiger partial charge on any atom is 0.171 e. The Morgan fingerprint density at radius 3 is 2.57 bits per heavy atom. The van der Waals surface area contributed by atoms with Crippen LogP contribution in [0, 0.1) is 6.92 Å². The third kappa shape index (κ3) is 5.79. The number of rotatable bonds is 6. The Labute approximate surface area is 142 Å². The van der Waals surface area contributed by atoms with E-state index in [1.165, 1.54) is 5.56 Å². The number of methoxy groups -OCH3 is 1. The molecule has 4 nitrogen and oxygen atoms in total. The van der Waals surface area contributed by atoms with Gasteiger partial charge in [0.1, 0.15) is 18.1 Å². The van der Waals surface area contributed by atoms with Crippen molar-refractivity contribution >= 4 is 23.0 Å². The van der Waals surface area contributed by atoms with E-state index in [4.69, 9.17) is 21.7 Å². The van der Waals surface area contributed by atoms with Gasteiger partial charge in [0.25, 0.3) is 0 Å². The molecule has 0 amide bonds. The molecule has 0 saturated carbocycles. The van der Waals surface area contributed by atoms with Crippen molar-refractivity contribution in [3.63, 3.8) is 0 Å². The second kappa shape index (κ2) is 8.39. The second-order valence-corrected chi connectivity index (χ2v) is 5.76. The molecule has 0 bridgehead atoms. The summed E-state index contributed by atoms with van der Waals surface area (Å²) in [6, 6.07) is 15.7. The number of aryl methyl sites for hydroxylation is 1. The Morgan fingerprint density at radius 1 is 1.13 bits per heavy atom. The number of hydrogen-bond acceptors (Lipinski definition) is 3. The first-order valence-corrected chi connectivity index (χ1v) is 7.88. The SMILES string of the molecule is COc1cccc(NC(=S)N[C@@H](C)COc2ccc(C)cc2)c1. The van der Waals surface area contributed by atoms with Crippen LogP contribution in [0.25, 0.3) is 0 Å². The van der Waals surface area contributed by atoms with Gasteiger partial charge in [0.05, 0.1) is 13.2 Å². The minimum absolute atomic E-state index is 0.0851. The van der Waals surface area contributed by atoms with Gasteiger partial charge in [-0.25, -0.2) is 0 Å². The molecule has 2 aromatic rings. The minimum atomic E-state index is 0.0851. The summed E-state index contributed by atoms with van der Waals surface area (Å²) in [5.74, 6) is 1.64. The molecule has 122 valence electrons. The summed E-state index contributed by atoms with van der Waals surface area (Å²) >= 11 is 5.32. The highest BCUT2D eigenvalue weighted by Gasteiger charge is 2.06. The van der Waals surface area contributed by atoms with E-state index in [-0.39, 0.29) is 6.04 Å². The van der Waals surface area contributed by atoms with Gasteiger partial charge >= 0.3 is 0 Å². The Hall–Kier alpha value is -2.27. The Bertz CT molecular complexity index is 644. The van der Waals surface area contributed by atoms with E-state index >= 15 is 0 Å². The van der Waals surface area contributed by atoms with Gasteiger partial charge in [-0.15, -0.1) is 0 Å². The van der Waals surface area contributed by atoms with Crippen LogP contribution < -0.4 is 20.1 Å². The summed E-state index contributed by atoms with van der Waals surface area (Å²) in [7, 11) is 1.64. The van der Waals surface area contributed by atoms with Crippen molar-refractivity contribution in [2.24, 2.45) is 0 Å². The van der Waals surface area contributed by atoms with Gasteiger partial charge in [0.2, 0.25) is 0 Å². The normalized spacial score (nSPS) is 11.4. The number of ether oxygens (including phenoxy) is 2. The first kappa shape index (κ1) is 17.1. The lowest BCUT2D eigenvalue weighted by atomic mass is 10.2. The molecule has 0 fully saturated rings. The number of anilines is 1. The minimum Gasteiger partial charge on any atom is -0.497 e. The van der Waals surface area contributed by atoms with E-state index in [9.17, 15) is 0 Å². The van der Waals surface area contributed by atoms with Crippen molar-refractivity contribution < 1.29 is 9.47 Å². The third-order valence-electron chi connectivity index (χ3n) is 3.23. The van der Waals surface area contributed by atoms with Crippen molar-refractivity contribution in [2.75, 3.05) is 19.0 Å².